The molecule has 2 N–H and O–H groups in total. The summed E-state index contributed by atoms with van der Waals surface area (Å²) in [5, 5.41) is 6.72. The van der Waals surface area contributed by atoms with E-state index in [1.807, 2.05) is 0 Å². The van der Waals surface area contributed by atoms with Gasteiger partial charge in [0.25, 0.3) is 0 Å². The monoisotopic (exact) mass is 523 g/mol. The van der Waals surface area contributed by atoms with Crippen LogP contribution in [-0.4, -0.2) is 37.7 Å². The number of halogens is 1. The summed E-state index contributed by atoms with van der Waals surface area (Å²) < 4.78 is 16.4. The number of esters is 1. The van der Waals surface area contributed by atoms with E-state index in [-0.39, 0.29) is 11.5 Å². The van der Waals surface area contributed by atoms with Crippen LogP contribution < -0.4 is 25.0 Å². The highest BCUT2D eigenvalue weighted by atomic mass is 35.5. The van der Waals surface area contributed by atoms with Crippen molar-refractivity contribution in [3.8, 4) is 17.2 Å². The molecule has 192 valence electrons. The van der Waals surface area contributed by atoms with Crippen molar-refractivity contribution in [1.29, 1.82) is 0 Å². The lowest BCUT2D eigenvalue weighted by Crippen LogP contribution is -2.32. The largest absolute Gasteiger partial charge is 0.494 e. The summed E-state index contributed by atoms with van der Waals surface area (Å²) in [6.07, 6.45) is 3.31. The molecule has 9 nitrogen and oxygen atoms in total. The van der Waals surface area contributed by atoms with Crippen LogP contribution in [0, 0.1) is 0 Å². The third kappa shape index (κ3) is 8.36. The van der Waals surface area contributed by atoms with Crippen molar-refractivity contribution in [3.63, 3.8) is 0 Å². The van der Waals surface area contributed by atoms with Crippen molar-refractivity contribution in [2.45, 2.75) is 19.8 Å². The van der Waals surface area contributed by atoms with Gasteiger partial charge in [-0.1, -0.05) is 24.9 Å². The summed E-state index contributed by atoms with van der Waals surface area (Å²) in [7, 11) is 1.43. The number of carbonyl (C=O) groups is 3. The van der Waals surface area contributed by atoms with Crippen LogP contribution in [0.5, 0.6) is 17.2 Å². The second-order valence-electron chi connectivity index (χ2n) is 7.69. The lowest BCUT2D eigenvalue weighted by Gasteiger charge is -2.10. The van der Waals surface area contributed by atoms with Crippen molar-refractivity contribution in [2.75, 3.05) is 19.0 Å². The van der Waals surface area contributed by atoms with Crippen LogP contribution >= 0.6 is 11.6 Å². The predicted octanol–water partition coefficient (Wildman–Crippen LogP) is 4.84. The molecule has 3 aromatic rings. The summed E-state index contributed by atoms with van der Waals surface area (Å²) >= 11 is 5.80. The van der Waals surface area contributed by atoms with Gasteiger partial charge in [-0.25, -0.2) is 10.2 Å². The maximum Gasteiger partial charge on any atom is 0.343 e. The Labute approximate surface area is 219 Å². The molecule has 0 aliphatic heterocycles. The molecule has 0 heterocycles. The number of amides is 2. The molecule has 0 spiro atoms. The van der Waals surface area contributed by atoms with Crippen LogP contribution in [0.1, 0.15) is 35.7 Å². The van der Waals surface area contributed by atoms with Crippen molar-refractivity contribution in [3.05, 3.63) is 82.9 Å². The van der Waals surface area contributed by atoms with Crippen LogP contribution in [0.25, 0.3) is 0 Å². The molecule has 37 heavy (non-hydrogen) atoms. The van der Waals surface area contributed by atoms with Crippen LogP contribution in [0.2, 0.25) is 5.02 Å². The zero-order chi connectivity index (χ0) is 26.6. The van der Waals surface area contributed by atoms with Crippen molar-refractivity contribution < 1.29 is 28.6 Å². The van der Waals surface area contributed by atoms with E-state index in [0.717, 1.165) is 12.8 Å². The van der Waals surface area contributed by atoms with Crippen LogP contribution in [0.15, 0.2) is 71.8 Å². The summed E-state index contributed by atoms with van der Waals surface area (Å²) in [4.78, 5) is 36.5. The van der Waals surface area contributed by atoms with Gasteiger partial charge in [0.1, 0.15) is 5.75 Å². The van der Waals surface area contributed by atoms with Gasteiger partial charge >= 0.3 is 17.8 Å². The highest BCUT2D eigenvalue weighted by molar-refractivity contribution is 6.39. The smallest absolute Gasteiger partial charge is 0.343 e. The topological polar surface area (TPSA) is 115 Å². The molecular weight excluding hydrogens is 498 g/mol. The second-order valence-corrected chi connectivity index (χ2v) is 8.12. The molecule has 0 bridgehead atoms. The van der Waals surface area contributed by atoms with E-state index in [4.69, 9.17) is 25.8 Å². The Bertz CT molecular complexity index is 1260. The fourth-order valence-corrected chi connectivity index (χ4v) is 3.09. The Morgan fingerprint density at radius 1 is 0.946 bits per heavy atom. The molecule has 0 aliphatic carbocycles. The number of rotatable bonds is 10. The van der Waals surface area contributed by atoms with Gasteiger partial charge in [-0.2, -0.15) is 5.10 Å². The van der Waals surface area contributed by atoms with E-state index in [1.165, 1.54) is 19.4 Å². The maximum atomic E-state index is 12.6. The minimum Gasteiger partial charge on any atom is -0.494 e. The Morgan fingerprint density at radius 3 is 2.35 bits per heavy atom. The number of methoxy groups -OCH3 is 1. The van der Waals surface area contributed by atoms with Crippen molar-refractivity contribution in [2.24, 2.45) is 5.10 Å². The number of anilines is 1. The molecule has 0 aliphatic rings. The minimum atomic E-state index is -0.953. The lowest BCUT2D eigenvalue weighted by molar-refractivity contribution is -0.136. The van der Waals surface area contributed by atoms with E-state index in [9.17, 15) is 14.4 Å². The second kappa shape index (κ2) is 13.6. The average molecular weight is 524 g/mol. The molecule has 0 radical (unpaired) electrons. The fourth-order valence-electron chi connectivity index (χ4n) is 2.97. The highest BCUT2D eigenvalue weighted by Crippen LogP contribution is 2.28. The van der Waals surface area contributed by atoms with E-state index < -0.39 is 17.8 Å². The first-order chi connectivity index (χ1) is 17.9. The minimum absolute atomic E-state index is 0.208. The van der Waals surface area contributed by atoms with Gasteiger partial charge < -0.3 is 19.5 Å². The van der Waals surface area contributed by atoms with Gasteiger partial charge in [0.15, 0.2) is 11.5 Å². The van der Waals surface area contributed by atoms with E-state index in [2.05, 4.69) is 22.8 Å². The van der Waals surface area contributed by atoms with Gasteiger partial charge in [0, 0.05) is 10.7 Å². The summed E-state index contributed by atoms with van der Waals surface area (Å²) in [6.45, 7) is 2.70. The van der Waals surface area contributed by atoms with Crippen molar-refractivity contribution >= 4 is 41.3 Å². The van der Waals surface area contributed by atoms with Gasteiger partial charge in [-0.3, -0.25) is 9.59 Å². The first-order valence-corrected chi connectivity index (χ1v) is 11.8. The molecule has 2 amide bonds. The van der Waals surface area contributed by atoms with E-state index >= 15 is 0 Å². The Balaban J connectivity index is 1.56. The van der Waals surface area contributed by atoms with Gasteiger partial charge in [-0.05, 0) is 78.7 Å². The fraction of sp³-hybridized carbons (Fsp3) is 0.185. The zero-order valence-corrected chi connectivity index (χ0v) is 21.1. The van der Waals surface area contributed by atoms with Gasteiger partial charge in [0.2, 0.25) is 0 Å². The molecule has 0 atom stereocenters. The Kier molecular flexibility index (Phi) is 10.0. The molecule has 3 aromatic carbocycles. The summed E-state index contributed by atoms with van der Waals surface area (Å²) in [5.41, 5.74) is 3.45. The number of hydrogen-bond acceptors (Lipinski definition) is 7. The number of benzene rings is 3. The predicted molar refractivity (Wildman–Crippen MR) is 141 cm³/mol. The van der Waals surface area contributed by atoms with Crippen LogP contribution in [0.3, 0.4) is 0 Å². The van der Waals surface area contributed by atoms with Gasteiger partial charge in [-0.15, -0.1) is 0 Å². The molecule has 0 aromatic heterocycles. The maximum absolute atomic E-state index is 12.6. The molecule has 10 heteroatoms. The molecule has 0 fully saturated rings. The number of nitrogens with one attached hydrogen (secondary N) is 2. The van der Waals surface area contributed by atoms with E-state index in [1.54, 1.807) is 60.7 Å². The lowest BCUT2D eigenvalue weighted by atomic mass is 10.2. The zero-order valence-electron chi connectivity index (χ0n) is 20.3. The third-order valence-electron chi connectivity index (χ3n) is 4.94. The Morgan fingerprint density at radius 2 is 1.68 bits per heavy atom. The molecular formula is C27H26ClN3O6. The standard InChI is InChI=1S/C27H26ClN3O6/c1-3-4-15-36-22-12-6-19(7-13-22)27(34)37-23-14-5-18(16-24(23)35-2)17-29-31-26(33)25(32)30-21-10-8-20(28)9-11-21/h5-14,16-17H,3-4,15H2,1-2H3,(H,30,32)(H,31,33)/b29-17-. The Hall–Kier alpha value is -4.37. The molecule has 0 unspecified atom stereocenters. The van der Waals surface area contributed by atoms with Crippen molar-refractivity contribution in [1.82, 2.24) is 5.43 Å². The first kappa shape index (κ1) is 27.2. The molecule has 3 rings (SSSR count). The summed E-state index contributed by atoms with van der Waals surface area (Å²) in [6, 6.07) is 17.7. The van der Waals surface area contributed by atoms with E-state index in [0.29, 0.717) is 34.2 Å². The number of unbranched alkanes of at least 4 members (excludes halogenated alkanes) is 1. The van der Waals surface area contributed by atoms with Gasteiger partial charge in [0.05, 0.1) is 25.5 Å². The number of hydrogen-bond donors (Lipinski definition) is 2. The number of hydrazone groups is 1. The number of nitrogens with zero attached hydrogens (tertiary/aromatic N) is 1. The van der Waals surface area contributed by atoms with Crippen LogP contribution in [0.4, 0.5) is 5.69 Å². The SMILES string of the molecule is CCCCOc1ccc(C(=O)Oc2ccc(/C=N\NC(=O)C(=O)Nc3ccc(Cl)cc3)cc2OC)cc1. The molecule has 0 saturated heterocycles. The third-order valence-corrected chi connectivity index (χ3v) is 5.19. The number of ether oxygens (including phenoxy) is 3. The quantitative estimate of drug-likeness (QED) is 0.0981. The molecule has 0 saturated carbocycles. The highest BCUT2D eigenvalue weighted by Gasteiger charge is 2.14. The number of carbonyl (C=O) groups excluding carboxylic acids is 3. The first-order valence-electron chi connectivity index (χ1n) is 11.4. The normalized spacial score (nSPS) is 10.6. The average Bonchev–Trinajstić information content (AvgIpc) is 2.91. The summed E-state index contributed by atoms with van der Waals surface area (Å²) in [5.74, 6) is -1.23. The van der Waals surface area contributed by atoms with Crippen LogP contribution in [-0.2, 0) is 9.59 Å².